The molecule has 0 spiro atoms. The highest BCUT2D eigenvalue weighted by Crippen LogP contribution is 2.26. The van der Waals surface area contributed by atoms with Crippen molar-refractivity contribution in [1.82, 2.24) is 0 Å². The SMILES string of the molecule is Cc1ccc2c(=O)c3cccc(CC(=O)OCCOCCOCCOCCN=[N+]=[N-])c3oc2c1C. The fourth-order valence-electron chi connectivity index (χ4n) is 3.48. The number of hydrogen-bond donors (Lipinski definition) is 0. The second kappa shape index (κ2) is 13.5. The molecule has 1 heterocycles. The van der Waals surface area contributed by atoms with Crippen LogP contribution in [0.25, 0.3) is 32.4 Å². The van der Waals surface area contributed by atoms with Crippen LogP contribution in [0, 0.1) is 13.8 Å². The maximum Gasteiger partial charge on any atom is 0.310 e. The van der Waals surface area contributed by atoms with Crippen molar-refractivity contribution in [2.45, 2.75) is 20.3 Å². The molecule has 186 valence electrons. The first-order valence-corrected chi connectivity index (χ1v) is 11.4. The molecule has 0 radical (unpaired) electrons. The molecule has 2 aromatic carbocycles. The molecule has 0 aliphatic rings. The molecule has 0 aliphatic heterocycles. The summed E-state index contributed by atoms with van der Waals surface area (Å²) in [6.45, 7) is 6.43. The largest absolute Gasteiger partial charge is 0.463 e. The van der Waals surface area contributed by atoms with E-state index < -0.39 is 5.97 Å². The van der Waals surface area contributed by atoms with Gasteiger partial charge in [0.1, 0.15) is 17.8 Å². The maximum atomic E-state index is 13.0. The van der Waals surface area contributed by atoms with E-state index in [0.717, 1.165) is 11.1 Å². The average Bonchev–Trinajstić information content (AvgIpc) is 2.85. The molecule has 0 unspecified atom stereocenters. The lowest BCUT2D eigenvalue weighted by Gasteiger charge is -2.10. The van der Waals surface area contributed by atoms with Gasteiger partial charge in [0.25, 0.3) is 0 Å². The highest BCUT2D eigenvalue weighted by molar-refractivity contribution is 5.93. The van der Waals surface area contributed by atoms with E-state index >= 15 is 0 Å². The van der Waals surface area contributed by atoms with Crippen molar-refractivity contribution < 1.29 is 28.2 Å². The Morgan fingerprint density at radius 1 is 0.914 bits per heavy atom. The number of aryl methyl sites for hydroxylation is 2. The number of azide groups is 1. The summed E-state index contributed by atoms with van der Waals surface area (Å²) >= 11 is 0. The van der Waals surface area contributed by atoms with Crippen molar-refractivity contribution in [2.75, 3.05) is 52.8 Å². The molecule has 3 rings (SSSR count). The molecule has 10 nitrogen and oxygen atoms in total. The van der Waals surface area contributed by atoms with E-state index in [1.54, 1.807) is 24.3 Å². The zero-order chi connectivity index (χ0) is 25.0. The van der Waals surface area contributed by atoms with E-state index in [0.29, 0.717) is 67.1 Å². The molecule has 10 heteroatoms. The Morgan fingerprint density at radius 3 is 2.29 bits per heavy atom. The van der Waals surface area contributed by atoms with Gasteiger partial charge in [-0.2, -0.15) is 0 Å². The van der Waals surface area contributed by atoms with Crippen LogP contribution in [0.1, 0.15) is 16.7 Å². The van der Waals surface area contributed by atoms with Gasteiger partial charge in [0, 0.05) is 17.0 Å². The third-order valence-electron chi connectivity index (χ3n) is 5.44. The predicted molar refractivity (Wildman–Crippen MR) is 131 cm³/mol. The monoisotopic (exact) mass is 483 g/mol. The number of benzene rings is 2. The van der Waals surface area contributed by atoms with E-state index in [9.17, 15) is 9.59 Å². The van der Waals surface area contributed by atoms with Crippen LogP contribution in [0.2, 0.25) is 0 Å². The first-order chi connectivity index (χ1) is 17.0. The summed E-state index contributed by atoms with van der Waals surface area (Å²) in [6.07, 6.45) is -0.0144. The van der Waals surface area contributed by atoms with E-state index in [1.165, 1.54) is 0 Å². The Bertz CT molecular complexity index is 1270. The van der Waals surface area contributed by atoms with Crippen LogP contribution in [0.3, 0.4) is 0 Å². The summed E-state index contributed by atoms with van der Waals surface area (Å²) in [4.78, 5) is 28.0. The van der Waals surface area contributed by atoms with E-state index in [2.05, 4.69) is 10.0 Å². The third-order valence-corrected chi connectivity index (χ3v) is 5.44. The topological polar surface area (TPSA) is 133 Å². The van der Waals surface area contributed by atoms with Crippen molar-refractivity contribution in [3.63, 3.8) is 0 Å². The second-order valence-corrected chi connectivity index (χ2v) is 7.80. The summed E-state index contributed by atoms with van der Waals surface area (Å²) in [5.74, 6) is -0.432. The minimum atomic E-state index is -0.432. The average molecular weight is 484 g/mol. The molecule has 35 heavy (non-hydrogen) atoms. The zero-order valence-electron chi connectivity index (χ0n) is 20.0. The Labute approximate surface area is 202 Å². The number of ether oxygens (including phenoxy) is 4. The number of nitrogens with zero attached hydrogens (tertiary/aromatic N) is 3. The van der Waals surface area contributed by atoms with Gasteiger partial charge in [-0.3, -0.25) is 9.59 Å². The summed E-state index contributed by atoms with van der Waals surface area (Å²) < 4.78 is 27.3. The van der Waals surface area contributed by atoms with Gasteiger partial charge in [0.05, 0.1) is 56.8 Å². The Balaban J connectivity index is 1.43. The van der Waals surface area contributed by atoms with Crippen molar-refractivity contribution in [1.29, 1.82) is 0 Å². The van der Waals surface area contributed by atoms with Gasteiger partial charge >= 0.3 is 5.97 Å². The molecular formula is C25H29N3O7. The normalized spacial score (nSPS) is 11.0. The van der Waals surface area contributed by atoms with Crippen molar-refractivity contribution >= 4 is 27.9 Å². The van der Waals surface area contributed by atoms with Crippen molar-refractivity contribution in [3.8, 4) is 0 Å². The first-order valence-electron chi connectivity index (χ1n) is 11.4. The smallest absolute Gasteiger partial charge is 0.310 e. The number of fused-ring (bicyclic) bond motifs is 2. The number of carbonyl (C=O) groups is 1. The van der Waals surface area contributed by atoms with Gasteiger partial charge in [-0.25, -0.2) is 0 Å². The number of hydrogen-bond acceptors (Lipinski definition) is 8. The Hall–Kier alpha value is -3.43. The lowest BCUT2D eigenvalue weighted by Crippen LogP contribution is -2.15. The van der Waals surface area contributed by atoms with Crippen LogP contribution in [0.5, 0.6) is 0 Å². The number of rotatable bonds is 14. The van der Waals surface area contributed by atoms with Crippen LogP contribution in [0.4, 0.5) is 0 Å². The van der Waals surface area contributed by atoms with Gasteiger partial charge in [0.2, 0.25) is 5.43 Å². The summed E-state index contributed by atoms with van der Waals surface area (Å²) in [5.41, 5.74) is 11.5. The fraction of sp³-hybridized carbons (Fsp3) is 0.440. The number of carbonyl (C=O) groups excluding carboxylic acids is 1. The maximum absolute atomic E-state index is 13.0. The quantitative estimate of drug-likeness (QED) is 0.0845. The van der Waals surface area contributed by atoms with Crippen molar-refractivity contribution in [2.24, 2.45) is 5.11 Å². The van der Waals surface area contributed by atoms with E-state index in [4.69, 9.17) is 28.9 Å². The number of para-hydroxylation sites is 1. The van der Waals surface area contributed by atoms with Gasteiger partial charge in [0.15, 0.2) is 0 Å². The van der Waals surface area contributed by atoms with Crippen LogP contribution in [-0.2, 0) is 30.2 Å². The molecule has 3 aromatic rings. The zero-order valence-corrected chi connectivity index (χ0v) is 20.0. The van der Waals surface area contributed by atoms with Crippen LogP contribution in [0.15, 0.2) is 44.7 Å². The molecule has 0 fully saturated rings. The van der Waals surface area contributed by atoms with E-state index in [-0.39, 0.29) is 25.1 Å². The van der Waals surface area contributed by atoms with Gasteiger partial charge in [-0.05, 0) is 42.6 Å². The minimum Gasteiger partial charge on any atom is -0.463 e. The summed E-state index contributed by atoms with van der Waals surface area (Å²) in [7, 11) is 0. The lowest BCUT2D eigenvalue weighted by atomic mass is 10.0. The Morgan fingerprint density at radius 2 is 1.57 bits per heavy atom. The van der Waals surface area contributed by atoms with Gasteiger partial charge in [-0.15, -0.1) is 0 Å². The molecule has 1 aromatic heterocycles. The molecule has 0 saturated carbocycles. The highest BCUT2D eigenvalue weighted by Gasteiger charge is 2.15. The molecule has 0 bridgehead atoms. The molecule has 0 saturated heterocycles. The summed E-state index contributed by atoms with van der Waals surface area (Å²) in [5, 5.41) is 4.33. The molecular weight excluding hydrogens is 454 g/mol. The van der Waals surface area contributed by atoms with Gasteiger partial charge in [-0.1, -0.05) is 23.3 Å². The third kappa shape index (κ3) is 7.27. The minimum absolute atomic E-state index is 0.0144. The van der Waals surface area contributed by atoms with Crippen LogP contribution >= 0.6 is 0 Å². The van der Waals surface area contributed by atoms with Crippen LogP contribution < -0.4 is 5.43 Å². The molecule has 0 aliphatic carbocycles. The predicted octanol–water partition coefficient (Wildman–Crippen LogP) is 4.01. The Kier molecular flexibility index (Phi) is 10.1. The number of esters is 1. The molecule has 0 atom stereocenters. The first kappa shape index (κ1) is 26.2. The van der Waals surface area contributed by atoms with Crippen LogP contribution in [-0.4, -0.2) is 58.8 Å². The standard InChI is InChI=1S/C25H29N3O7/c1-17-6-7-21-23(30)20-5-3-4-19(25(20)35-24(21)18(17)2)16-22(29)34-15-14-33-13-12-32-11-10-31-9-8-27-28-26/h3-7H,8-16H2,1-2H3. The van der Waals surface area contributed by atoms with Crippen molar-refractivity contribution in [3.05, 3.63) is 67.7 Å². The van der Waals surface area contributed by atoms with Gasteiger partial charge < -0.3 is 23.4 Å². The second-order valence-electron chi connectivity index (χ2n) is 7.80. The molecule has 0 amide bonds. The van der Waals surface area contributed by atoms with E-state index in [1.807, 2.05) is 19.9 Å². The lowest BCUT2D eigenvalue weighted by molar-refractivity contribution is -0.144. The summed E-state index contributed by atoms with van der Waals surface area (Å²) in [6, 6.07) is 8.88. The molecule has 0 N–H and O–H groups in total. The highest BCUT2D eigenvalue weighted by atomic mass is 16.6. The fourth-order valence-corrected chi connectivity index (χ4v) is 3.48.